The van der Waals surface area contributed by atoms with Crippen LogP contribution < -0.4 is 11.1 Å². The predicted octanol–water partition coefficient (Wildman–Crippen LogP) is 0.457. The molecule has 0 atom stereocenters. The highest BCUT2D eigenvalue weighted by molar-refractivity contribution is 5.97. The molecule has 6 heteroatoms. The number of aromatic amines is 1. The molecular formula is C10H18N4O2. The largest absolute Gasteiger partial charge is 0.395 e. The molecule has 0 bridgehead atoms. The number of aromatic nitrogens is 2. The summed E-state index contributed by atoms with van der Waals surface area (Å²) in [6.45, 7) is 5.61. The molecule has 0 fully saturated rings. The first-order valence-electron chi connectivity index (χ1n) is 5.33. The van der Waals surface area contributed by atoms with E-state index in [0.29, 0.717) is 31.1 Å². The molecule has 1 rings (SSSR count). The molecule has 1 heterocycles. The lowest BCUT2D eigenvalue weighted by Gasteiger charge is -2.03. The Morgan fingerprint density at radius 3 is 2.94 bits per heavy atom. The van der Waals surface area contributed by atoms with Gasteiger partial charge in [0, 0.05) is 19.8 Å². The van der Waals surface area contributed by atoms with Gasteiger partial charge in [-0.3, -0.25) is 9.89 Å². The molecule has 6 nitrogen and oxygen atoms in total. The fraction of sp³-hybridized carbons (Fsp3) is 0.600. The van der Waals surface area contributed by atoms with Gasteiger partial charge < -0.3 is 15.8 Å². The molecule has 16 heavy (non-hydrogen) atoms. The van der Waals surface area contributed by atoms with E-state index in [2.05, 4.69) is 15.5 Å². The molecule has 0 aliphatic carbocycles. The number of carbonyl (C=O) groups is 1. The van der Waals surface area contributed by atoms with Crippen molar-refractivity contribution in [1.29, 1.82) is 0 Å². The van der Waals surface area contributed by atoms with E-state index in [0.717, 1.165) is 6.42 Å². The van der Waals surface area contributed by atoms with Crippen LogP contribution in [-0.4, -0.2) is 35.9 Å². The van der Waals surface area contributed by atoms with Gasteiger partial charge >= 0.3 is 0 Å². The Bertz CT molecular complexity index is 349. The van der Waals surface area contributed by atoms with Gasteiger partial charge in [0.1, 0.15) is 0 Å². The van der Waals surface area contributed by atoms with E-state index in [4.69, 9.17) is 10.5 Å². The number of nitrogens with one attached hydrogen (secondary N) is 2. The fourth-order valence-corrected chi connectivity index (χ4v) is 1.22. The van der Waals surface area contributed by atoms with Crippen molar-refractivity contribution < 1.29 is 9.53 Å². The number of nitrogens with zero attached hydrogens (tertiary/aromatic N) is 1. The number of anilines is 1. The van der Waals surface area contributed by atoms with Gasteiger partial charge in [0.2, 0.25) is 0 Å². The summed E-state index contributed by atoms with van der Waals surface area (Å²) in [4.78, 5) is 11.6. The van der Waals surface area contributed by atoms with Crippen LogP contribution in [0.5, 0.6) is 0 Å². The van der Waals surface area contributed by atoms with Crippen LogP contribution in [0, 0.1) is 6.92 Å². The van der Waals surface area contributed by atoms with E-state index in [1.54, 1.807) is 6.92 Å². The first-order valence-corrected chi connectivity index (χ1v) is 5.33. The van der Waals surface area contributed by atoms with Gasteiger partial charge in [0.15, 0.2) is 5.69 Å². The zero-order valence-electron chi connectivity index (χ0n) is 9.67. The van der Waals surface area contributed by atoms with Gasteiger partial charge in [-0.25, -0.2) is 0 Å². The van der Waals surface area contributed by atoms with Crippen LogP contribution in [0.25, 0.3) is 0 Å². The highest BCUT2D eigenvalue weighted by Crippen LogP contribution is 2.11. The van der Waals surface area contributed by atoms with Crippen molar-refractivity contribution in [3.63, 3.8) is 0 Å². The Morgan fingerprint density at radius 2 is 2.38 bits per heavy atom. The van der Waals surface area contributed by atoms with Crippen molar-refractivity contribution in [2.75, 3.05) is 25.5 Å². The Morgan fingerprint density at radius 1 is 1.62 bits per heavy atom. The zero-order chi connectivity index (χ0) is 12.0. The van der Waals surface area contributed by atoms with Crippen molar-refractivity contribution in [3.8, 4) is 0 Å². The van der Waals surface area contributed by atoms with Crippen LogP contribution in [0.1, 0.15) is 29.5 Å². The average Bonchev–Trinajstić information content (AvgIpc) is 2.59. The summed E-state index contributed by atoms with van der Waals surface area (Å²) in [5, 5.41) is 9.24. The number of hydrogen-bond donors (Lipinski definition) is 3. The lowest BCUT2D eigenvalue weighted by atomic mass is 10.3. The minimum absolute atomic E-state index is 0.252. The van der Waals surface area contributed by atoms with E-state index < -0.39 is 0 Å². The van der Waals surface area contributed by atoms with Crippen LogP contribution >= 0.6 is 0 Å². The van der Waals surface area contributed by atoms with E-state index in [9.17, 15) is 4.79 Å². The minimum Gasteiger partial charge on any atom is -0.395 e. The fourth-order valence-electron chi connectivity index (χ4n) is 1.22. The Labute approximate surface area is 94.5 Å². The molecule has 0 saturated heterocycles. The van der Waals surface area contributed by atoms with Gasteiger partial charge in [-0.15, -0.1) is 0 Å². The third-order valence-corrected chi connectivity index (χ3v) is 2.16. The Kier molecular flexibility index (Phi) is 4.78. The molecule has 0 aliphatic heterocycles. The highest BCUT2D eigenvalue weighted by atomic mass is 16.5. The van der Waals surface area contributed by atoms with E-state index in [-0.39, 0.29) is 11.6 Å². The summed E-state index contributed by atoms with van der Waals surface area (Å²) in [6, 6.07) is 0. The molecule has 4 N–H and O–H groups in total. The monoisotopic (exact) mass is 226 g/mol. The molecule has 0 radical (unpaired) electrons. The van der Waals surface area contributed by atoms with Gasteiger partial charge in [-0.2, -0.15) is 5.10 Å². The summed E-state index contributed by atoms with van der Waals surface area (Å²) in [5.74, 6) is -0.252. The number of carbonyl (C=O) groups excluding carboxylic acids is 1. The summed E-state index contributed by atoms with van der Waals surface area (Å²) >= 11 is 0. The average molecular weight is 226 g/mol. The quantitative estimate of drug-likeness (QED) is 0.614. The number of ether oxygens (including phenoxy) is 1. The molecule has 0 spiro atoms. The second-order valence-electron chi connectivity index (χ2n) is 3.42. The number of H-pyrrole nitrogens is 1. The highest BCUT2D eigenvalue weighted by Gasteiger charge is 2.14. The minimum atomic E-state index is -0.252. The molecule has 1 aromatic heterocycles. The van der Waals surface area contributed by atoms with Crippen molar-refractivity contribution >= 4 is 11.6 Å². The van der Waals surface area contributed by atoms with Crippen molar-refractivity contribution in [3.05, 3.63) is 11.4 Å². The maximum atomic E-state index is 11.6. The molecule has 0 unspecified atom stereocenters. The summed E-state index contributed by atoms with van der Waals surface area (Å²) in [6.07, 6.45) is 0.781. The Balaban J connectivity index is 2.33. The number of nitrogen functional groups attached to an aromatic ring is 1. The predicted molar refractivity (Wildman–Crippen MR) is 61.2 cm³/mol. The van der Waals surface area contributed by atoms with Crippen LogP contribution in [0.3, 0.4) is 0 Å². The number of nitrogens with two attached hydrogens (primary N) is 1. The normalized spacial score (nSPS) is 10.4. The van der Waals surface area contributed by atoms with Crippen LogP contribution in [0.2, 0.25) is 0 Å². The smallest absolute Gasteiger partial charge is 0.273 e. The topological polar surface area (TPSA) is 93.0 Å². The molecule has 1 aromatic rings. The number of hydrogen-bond acceptors (Lipinski definition) is 4. The molecule has 0 saturated carbocycles. The van der Waals surface area contributed by atoms with Crippen molar-refractivity contribution in [1.82, 2.24) is 15.5 Å². The van der Waals surface area contributed by atoms with E-state index >= 15 is 0 Å². The molecule has 90 valence electrons. The lowest BCUT2D eigenvalue weighted by molar-refractivity contribution is 0.0940. The first kappa shape index (κ1) is 12.5. The third kappa shape index (κ3) is 3.23. The van der Waals surface area contributed by atoms with Crippen LogP contribution in [-0.2, 0) is 4.74 Å². The maximum Gasteiger partial charge on any atom is 0.273 e. The lowest BCUT2D eigenvalue weighted by Crippen LogP contribution is -2.26. The molecule has 1 amide bonds. The van der Waals surface area contributed by atoms with Gasteiger partial charge in [0.05, 0.1) is 11.4 Å². The maximum absolute atomic E-state index is 11.6. The first-order chi connectivity index (χ1) is 7.66. The molecule has 0 aliphatic rings. The summed E-state index contributed by atoms with van der Waals surface area (Å²) < 4.78 is 5.15. The van der Waals surface area contributed by atoms with Crippen molar-refractivity contribution in [2.45, 2.75) is 20.3 Å². The second kappa shape index (κ2) is 6.12. The molecular weight excluding hydrogens is 208 g/mol. The zero-order valence-corrected chi connectivity index (χ0v) is 9.67. The van der Waals surface area contributed by atoms with E-state index in [1.807, 2.05) is 6.92 Å². The second-order valence-corrected chi connectivity index (χ2v) is 3.42. The van der Waals surface area contributed by atoms with Crippen LogP contribution in [0.4, 0.5) is 5.69 Å². The third-order valence-electron chi connectivity index (χ3n) is 2.16. The van der Waals surface area contributed by atoms with Gasteiger partial charge in [0.25, 0.3) is 5.91 Å². The Hall–Kier alpha value is -1.56. The summed E-state index contributed by atoms with van der Waals surface area (Å²) in [5.41, 5.74) is 7.05. The van der Waals surface area contributed by atoms with Crippen LogP contribution in [0.15, 0.2) is 0 Å². The van der Waals surface area contributed by atoms with Gasteiger partial charge in [-0.05, 0) is 20.3 Å². The number of aryl methyl sites for hydroxylation is 1. The SMILES string of the molecule is CCOCCCNC(=O)c1n[nH]c(C)c1N. The number of amides is 1. The summed E-state index contributed by atoms with van der Waals surface area (Å²) in [7, 11) is 0. The molecule has 0 aromatic carbocycles. The van der Waals surface area contributed by atoms with Crippen molar-refractivity contribution in [2.24, 2.45) is 0 Å². The number of rotatable bonds is 6. The van der Waals surface area contributed by atoms with Gasteiger partial charge in [-0.1, -0.05) is 0 Å². The van der Waals surface area contributed by atoms with E-state index in [1.165, 1.54) is 0 Å². The standard InChI is InChI=1S/C10H18N4O2/c1-3-16-6-4-5-12-10(15)9-8(11)7(2)13-14-9/h3-6,11H2,1-2H3,(H,12,15)(H,13,14).